The van der Waals surface area contributed by atoms with Gasteiger partial charge in [-0.15, -0.1) is 11.3 Å². The second kappa shape index (κ2) is 10.9. The Labute approximate surface area is 203 Å². The number of thiophene rings is 1. The molecule has 1 aliphatic heterocycles. The van der Waals surface area contributed by atoms with Crippen molar-refractivity contribution in [3.63, 3.8) is 0 Å². The van der Waals surface area contributed by atoms with Gasteiger partial charge in [0, 0.05) is 32.1 Å². The Morgan fingerprint density at radius 3 is 2.47 bits per heavy atom. The van der Waals surface area contributed by atoms with Crippen LogP contribution in [0.5, 0.6) is 0 Å². The zero-order valence-corrected chi connectivity index (χ0v) is 21.1. The third kappa shape index (κ3) is 5.45. The Kier molecular flexibility index (Phi) is 7.91. The Hall–Kier alpha value is -2.42. The van der Waals surface area contributed by atoms with Crippen molar-refractivity contribution < 1.29 is 9.59 Å². The van der Waals surface area contributed by atoms with Gasteiger partial charge in [0.2, 0.25) is 11.8 Å². The lowest BCUT2D eigenvalue weighted by Gasteiger charge is -2.28. The Morgan fingerprint density at radius 1 is 1.09 bits per heavy atom. The minimum absolute atomic E-state index is 0.00894. The molecule has 186 valence electrons. The third-order valence-corrected chi connectivity index (χ3v) is 8.16. The van der Waals surface area contributed by atoms with Gasteiger partial charge < -0.3 is 10.2 Å². The summed E-state index contributed by atoms with van der Waals surface area (Å²) in [7, 11) is 0. The van der Waals surface area contributed by atoms with Gasteiger partial charge >= 0.3 is 5.69 Å². The molecule has 2 aromatic rings. The lowest BCUT2D eigenvalue weighted by Crippen LogP contribution is -2.44. The lowest BCUT2D eigenvalue weighted by molar-refractivity contribution is -0.130. The summed E-state index contributed by atoms with van der Waals surface area (Å²) >= 11 is 1.32. The first-order valence-electron chi connectivity index (χ1n) is 12.6. The van der Waals surface area contributed by atoms with Crippen LogP contribution in [0.1, 0.15) is 58.8 Å². The third-order valence-electron chi connectivity index (χ3n) is 7.27. The zero-order chi connectivity index (χ0) is 24.2. The van der Waals surface area contributed by atoms with Gasteiger partial charge in [-0.25, -0.2) is 4.79 Å². The molecular weight excluding hydrogens is 452 g/mol. The van der Waals surface area contributed by atoms with Crippen LogP contribution in [0.2, 0.25) is 0 Å². The van der Waals surface area contributed by atoms with Crippen molar-refractivity contribution in [1.82, 2.24) is 19.4 Å². The number of hydrogen-bond acceptors (Lipinski definition) is 5. The van der Waals surface area contributed by atoms with Gasteiger partial charge in [0.25, 0.3) is 5.56 Å². The first-order valence-corrected chi connectivity index (χ1v) is 13.5. The monoisotopic (exact) mass is 488 g/mol. The maximum Gasteiger partial charge on any atom is 0.332 e. The molecule has 2 aromatic heterocycles. The minimum Gasteiger partial charge on any atom is -0.356 e. The summed E-state index contributed by atoms with van der Waals surface area (Å²) in [6, 6.07) is 1.76. The molecule has 1 saturated carbocycles. The smallest absolute Gasteiger partial charge is 0.332 e. The van der Waals surface area contributed by atoms with E-state index in [4.69, 9.17) is 0 Å². The van der Waals surface area contributed by atoms with Crippen LogP contribution in [-0.4, -0.2) is 45.5 Å². The zero-order valence-electron chi connectivity index (χ0n) is 20.3. The average molecular weight is 489 g/mol. The summed E-state index contributed by atoms with van der Waals surface area (Å²) in [6.07, 6.45) is 6.12. The van der Waals surface area contributed by atoms with Crippen LogP contribution >= 0.6 is 11.3 Å². The highest BCUT2D eigenvalue weighted by atomic mass is 32.1. The van der Waals surface area contributed by atoms with E-state index >= 15 is 0 Å². The summed E-state index contributed by atoms with van der Waals surface area (Å²) in [5, 5.41) is 4.85. The van der Waals surface area contributed by atoms with Crippen LogP contribution < -0.4 is 16.6 Å². The molecule has 9 heteroatoms. The largest absolute Gasteiger partial charge is 0.356 e. The summed E-state index contributed by atoms with van der Waals surface area (Å²) < 4.78 is 3.32. The fourth-order valence-electron chi connectivity index (χ4n) is 5.14. The number of aromatic nitrogens is 2. The van der Waals surface area contributed by atoms with Crippen LogP contribution in [-0.2, 0) is 22.7 Å². The number of amides is 2. The number of carbonyl (C=O) groups is 2. The predicted octanol–water partition coefficient (Wildman–Crippen LogP) is 2.82. The first-order chi connectivity index (χ1) is 16.3. The fourth-order valence-corrected chi connectivity index (χ4v) is 5.99. The van der Waals surface area contributed by atoms with E-state index < -0.39 is 5.69 Å². The molecule has 1 saturated heterocycles. The molecule has 34 heavy (non-hydrogen) atoms. The van der Waals surface area contributed by atoms with E-state index in [1.807, 2.05) is 0 Å². The lowest BCUT2D eigenvalue weighted by atomic mass is 9.81. The van der Waals surface area contributed by atoms with Gasteiger partial charge in [-0.2, -0.15) is 0 Å². The topological polar surface area (TPSA) is 93.4 Å². The van der Waals surface area contributed by atoms with Gasteiger partial charge in [0.1, 0.15) is 11.2 Å². The van der Waals surface area contributed by atoms with Gasteiger partial charge in [-0.3, -0.25) is 23.5 Å². The van der Waals surface area contributed by atoms with Gasteiger partial charge in [-0.1, -0.05) is 13.8 Å². The number of nitrogens with one attached hydrogen (secondary N) is 1. The van der Waals surface area contributed by atoms with Crippen LogP contribution in [0.15, 0.2) is 21.0 Å². The number of rotatable bonds is 8. The van der Waals surface area contributed by atoms with Crippen LogP contribution in [0.4, 0.5) is 0 Å². The van der Waals surface area contributed by atoms with Gasteiger partial charge in [0.15, 0.2) is 0 Å². The predicted molar refractivity (Wildman–Crippen MR) is 134 cm³/mol. The maximum absolute atomic E-state index is 13.4. The SMILES string of the molecule is CC(C)CCNC(=O)C1CCC(Cn2c(=O)c3sccc3n(CC(=O)N3CCCC3)c2=O)CC1. The van der Waals surface area contributed by atoms with Crippen molar-refractivity contribution in [2.75, 3.05) is 19.6 Å². The average Bonchev–Trinajstić information content (AvgIpc) is 3.52. The van der Waals surface area contributed by atoms with E-state index in [2.05, 4.69) is 19.2 Å². The number of likely N-dealkylation sites (tertiary alicyclic amines) is 1. The molecule has 2 amide bonds. The standard InChI is InChI=1S/C25H36N4O4S/c1-17(2)9-11-26-23(31)19-7-5-18(6-8-19)15-29-24(32)22-20(10-14-34-22)28(25(29)33)16-21(30)27-12-3-4-13-27/h10,14,17-19H,3-9,11-13,15-16H2,1-2H3,(H,26,31). The van der Waals surface area contributed by atoms with E-state index in [-0.39, 0.29) is 35.8 Å². The highest BCUT2D eigenvalue weighted by Crippen LogP contribution is 2.30. The number of hydrogen-bond donors (Lipinski definition) is 1. The normalized spacial score (nSPS) is 20.9. The van der Waals surface area contributed by atoms with Crippen LogP contribution in [0, 0.1) is 17.8 Å². The van der Waals surface area contributed by atoms with E-state index in [1.165, 1.54) is 20.5 Å². The number of nitrogens with zero attached hydrogens (tertiary/aromatic N) is 3. The molecule has 1 N–H and O–H groups in total. The second-order valence-electron chi connectivity index (χ2n) is 10.2. The first kappa shape index (κ1) is 24.7. The van der Waals surface area contributed by atoms with E-state index in [0.717, 1.165) is 58.0 Å². The molecule has 1 aliphatic carbocycles. The van der Waals surface area contributed by atoms with E-state index in [1.54, 1.807) is 16.3 Å². The van der Waals surface area contributed by atoms with E-state index in [0.29, 0.717) is 29.2 Å². The Bertz CT molecular complexity index is 1130. The highest BCUT2D eigenvalue weighted by Gasteiger charge is 2.28. The maximum atomic E-state index is 13.4. The van der Waals surface area contributed by atoms with Crippen molar-refractivity contribution in [2.45, 2.75) is 71.9 Å². The van der Waals surface area contributed by atoms with Crippen LogP contribution in [0.3, 0.4) is 0 Å². The summed E-state index contributed by atoms with van der Waals surface area (Å²) in [6.45, 7) is 6.76. The molecular formula is C25H36N4O4S. The molecule has 0 spiro atoms. The van der Waals surface area contributed by atoms with Crippen LogP contribution in [0.25, 0.3) is 10.2 Å². The minimum atomic E-state index is -0.406. The van der Waals surface area contributed by atoms with Crippen molar-refractivity contribution >= 4 is 33.4 Å². The van der Waals surface area contributed by atoms with Crippen molar-refractivity contribution in [3.05, 3.63) is 32.3 Å². The van der Waals surface area contributed by atoms with Gasteiger partial charge in [0.05, 0.1) is 5.52 Å². The molecule has 0 aromatic carbocycles. The molecule has 4 rings (SSSR count). The molecule has 0 unspecified atom stereocenters. The molecule has 3 heterocycles. The molecule has 2 aliphatic rings. The van der Waals surface area contributed by atoms with E-state index in [9.17, 15) is 19.2 Å². The van der Waals surface area contributed by atoms with Crippen molar-refractivity contribution in [3.8, 4) is 0 Å². The Morgan fingerprint density at radius 2 is 1.79 bits per heavy atom. The van der Waals surface area contributed by atoms with Crippen molar-refractivity contribution in [1.29, 1.82) is 0 Å². The van der Waals surface area contributed by atoms with Gasteiger partial charge in [-0.05, 0) is 68.2 Å². The molecule has 2 fully saturated rings. The molecule has 8 nitrogen and oxygen atoms in total. The fraction of sp³-hybridized carbons (Fsp3) is 0.680. The summed E-state index contributed by atoms with van der Waals surface area (Å²) in [5.41, 5.74) is -0.129. The molecule has 0 radical (unpaired) electrons. The second-order valence-corrected chi connectivity index (χ2v) is 11.1. The molecule has 0 bridgehead atoms. The Balaban J connectivity index is 1.45. The number of carbonyl (C=O) groups excluding carboxylic acids is 2. The quantitative estimate of drug-likeness (QED) is 0.618. The number of fused-ring (bicyclic) bond motifs is 1. The molecule has 0 atom stereocenters. The van der Waals surface area contributed by atoms with Crippen molar-refractivity contribution in [2.24, 2.45) is 17.8 Å². The summed E-state index contributed by atoms with van der Waals surface area (Å²) in [5.74, 6) is 0.796. The summed E-state index contributed by atoms with van der Waals surface area (Å²) in [4.78, 5) is 53.5. The highest BCUT2D eigenvalue weighted by molar-refractivity contribution is 7.17.